The van der Waals surface area contributed by atoms with Gasteiger partial charge in [-0.15, -0.1) is 0 Å². The zero-order valence-electron chi connectivity index (χ0n) is 12.8. The summed E-state index contributed by atoms with van der Waals surface area (Å²) in [6.07, 6.45) is 6.52. The van der Waals surface area contributed by atoms with Crippen LogP contribution in [0.4, 0.5) is 0 Å². The van der Waals surface area contributed by atoms with Crippen molar-refractivity contribution in [3.8, 4) is 0 Å². The van der Waals surface area contributed by atoms with E-state index in [2.05, 4.69) is 5.32 Å². The fourth-order valence-electron chi connectivity index (χ4n) is 2.91. The van der Waals surface area contributed by atoms with Crippen LogP contribution in [0.3, 0.4) is 0 Å². The van der Waals surface area contributed by atoms with E-state index >= 15 is 0 Å². The summed E-state index contributed by atoms with van der Waals surface area (Å²) < 4.78 is 0. The van der Waals surface area contributed by atoms with Crippen LogP contribution < -0.4 is 5.32 Å². The van der Waals surface area contributed by atoms with Gasteiger partial charge in [-0.25, -0.2) is 0 Å². The summed E-state index contributed by atoms with van der Waals surface area (Å²) in [6.45, 7) is 2.04. The van der Waals surface area contributed by atoms with Crippen molar-refractivity contribution in [2.45, 2.75) is 38.6 Å². The van der Waals surface area contributed by atoms with Crippen LogP contribution in [-0.2, 0) is 11.3 Å². The van der Waals surface area contributed by atoms with Crippen molar-refractivity contribution in [3.63, 3.8) is 0 Å². The van der Waals surface area contributed by atoms with Gasteiger partial charge in [0, 0.05) is 18.1 Å². The molecule has 1 fully saturated rings. The van der Waals surface area contributed by atoms with Gasteiger partial charge in [0.25, 0.3) is 0 Å². The molecule has 21 heavy (non-hydrogen) atoms. The number of hydrogen-bond donors (Lipinski definition) is 1. The van der Waals surface area contributed by atoms with Gasteiger partial charge in [-0.2, -0.15) is 0 Å². The van der Waals surface area contributed by atoms with Gasteiger partial charge in [-0.1, -0.05) is 43.0 Å². The third kappa shape index (κ3) is 6.06. The predicted molar refractivity (Wildman–Crippen MR) is 87.4 cm³/mol. The third-order valence-electron chi connectivity index (χ3n) is 4.09. The van der Waals surface area contributed by atoms with Crippen LogP contribution in [0.2, 0.25) is 5.02 Å². The van der Waals surface area contributed by atoms with Crippen LogP contribution in [0.15, 0.2) is 24.3 Å². The molecule has 0 heterocycles. The molecule has 1 aromatic carbocycles. The lowest BCUT2D eigenvalue weighted by Crippen LogP contribution is -2.37. The van der Waals surface area contributed by atoms with Crippen LogP contribution in [0.5, 0.6) is 0 Å². The number of benzene rings is 1. The van der Waals surface area contributed by atoms with Crippen molar-refractivity contribution < 1.29 is 4.79 Å². The molecule has 0 aliphatic heterocycles. The highest BCUT2D eigenvalue weighted by Gasteiger charge is 2.14. The normalized spacial score (nSPS) is 16.1. The highest BCUT2D eigenvalue weighted by atomic mass is 35.5. The molecule has 116 valence electrons. The summed E-state index contributed by atoms with van der Waals surface area (Å²) in [5.41, 5.74) is 1.17. The SMILES string of the molecule is CN(CC(=O)NCC1CCCCC1)Cc1ccc(Cl)cc1. The average molecular weight is 309 g/mol. The van der Waals surface area contributed by atoms with Crippen molar-refractivity contribution >= 4 is 17.5 Å². The molecule has 1 saturated carbocycles. The van der Waals surface area contributed by atoms with E-state index in [0.717, 1.165) is 18.1 Å². The molecule has 1 amide bonds. The average Bonchev–Trinajstić information content (AvgIpc) is 2.48. The Labute approximate surface area is 132 Å². The molecule has 0 aromatic heterocycles. The van der Waals surface area contributed by atoms with Gasteiger partial charge in [-0.3, -0.25) is 9.69 Å². The largest absolute Gasteiger partial charge is 0.355 e. The maximum atomic E-state index is 12.0. The maximum Gasteiger partial charge on any atom is 0.234 e. The van der Waals surface area contributed by atoms with Crippen LogP contribution in [-0.4, -0.2) is 30.9 Å². The van der Waals surface area contributed by atoms with E-state index in [-0.39, 0.29) is 5.91 Å². The Hall–Kier alpha value is -1.06. The Bertz CT molecular complexity index is 441. The first-order valence-corrected chi connectivity index (χ1v) is 8.21. The monoisotopic (exact) mass is 308 g/mol. The number of likely N-dealkylation sites (N-methyl/N-ethyl adjacent to an activating group) is 1. The summed E-state index contributed by atoms with van der Waals surface area (Å²) in [4.78, 5) is 14.0. The van der Waals surface area contributed by atoms with Gasteiger partial charge in [0.1, 0.15) is 0 Å². The number of amides is 1. The van der Waals surface area contributed by atoms with E-state index in [1.54, 1.807) is 0 Å². The summed E-state index contributed by atoms with van der Waals surface area (Å²) in [5.74, 6) is 0.807. The van der Waals surface area contributed by atoms with Gasteiger partial charge < -0.3 is 5.32 Å². The molecule has 1 N–H and O–H groups in total. The molecule has 1 aromatic rings. The summed E-state index contributed by atoms with van der Waals surface area (Å²) in [7, 11) is 1.97. The van der Waals surface area contributed by atoms with E-state index in [0.29, 0.717) is 12.5 Å². The molecule has 0 unspecified atom stereocenters. The van der Waals surface area contributed by atoms with Gasteiger partial charge in [0.05, 0.1) is 6.54 Å². The molecule has 0 spiro atoms. The number of nitrogens with one attached hydrogen (secondary N) is 1. The second-order valence-electron chi connectivity index (χ2n) is 6.11. The maximum absolute atomic E-state index is 12.0. The van der Waals surface area contributed by atoms with Crippen LogP contribution >= 0.6 is 11.6 Å². The lowest BCUT2D eigenvalue weighted by atomic mass is 9.89. The summed E-state index contributed by atoms with van der Waals surface area (Å²) in [5, 5.41) is 3.82. The van der Waals surface area contributed by atoms with Crippen molar-refractivity contribution in [1.29, 1.82) is 0 Å². The third-order valence-corrected chi connectivity index (χ3v) is 4.34. The Morgan fingerprint density at radius 2 is 1.90 bits per heavy atom. The van der Waals surface area contributed by atoms with Crippen molar-refractivity contribution in [2.75, 3.05) is 20.1 Å². The fraction of sp³-hybridized carbons (Fsp3) is 0.588. The Morgan fingerprint density at radius 3 is 2.57 bits per heavy atom. The zero-order valence-corrected chi connectivity index (χ0v) is 13.5. The number of halogens is 1. The van der Waals surface area contributed by atoms with Crippen LogP contribution in [0, 0.1) is 5.92 Å². The number of carbonyl (C=O) groups is 1. The summed E-state index contributed by atoms with van der Waals surface area (Å²) >= 11 is 5.87. The molecular weight excluding hydrogens is 284 g/mol. The molecule has 0 bridgehead atoms. The zero-order chi connectivity index (χ0) is 15.1. The lowest BCUT2D eigenvalue weighted by molar-refractivity contribution is -0.122. The molecule has 1 aliphatic rings. The number of nitrogens with zero attached hydrogens (tertiary/aromatic N) is 1. The topological polar surface area (TPSA) is 32.3 Å². The minimum Gasteiger partial charge on any atom is -0.355 e. The van der Waals surface area contributed by atoms with E-state index in [4.69, 9.17) is 11.6 Å². The summed E-state index contributed by atoms with van der Waals surface area (Å²) in [6, 6.07) is 7.76. The van der Waals surface area contributed by atoms with Crippen molar-refractivity contribution in [2.24, 2.45) is 5.92 Å². The highest BCUT2D eigenvalue weighted by molar-refractivity contribution is 6.30. The van der Waals surface area contributed by atoms with E-state index in [1.165, 1.54) is 37.7 Å². The highest BCUT2D eigenvalue weighted by Crippen LogP contribution is 2.22. The van der Waals surface area contributed by atoms with Gasteiger partial charge in [0.15, 0.2) is 0 Å². The predicted octanol–water partition coefficient (Wildman–Crippen LogP) is 3.47. The first kappa shape index (κ1) is 16.3. The Kier molecular flexibility index (Phi) is 6.52. The minimum atomic E-state index is 0.122. The number of rotatable bonds is 6. The molecule has 0 atom stereocenters. The standard InChI is InChI=1S/C17H25ClN2O/c1-20(12-15-7-9-16(18)10-8-15)13-17(21)19-11-14-5-3-2-4-6-14/h7-10,14H,2-6,11-13H2,1H3,(H,19,21). The molecule has 1 aliphatic carbocycles. The first-order valence-electron chi connectivity index (χ1n) is 7.83. The van der Waals surface area contributed by atoms with Crippen molar-refractivity contribution in [1.82, 2.24) is 10.2 Å². The molecule has 2 rings (SSSR count). The second-order valence-corrected chi connectivity index (χ2v) is 6.54. The van der Waals surface area contributed by atoms with Gasteiger partial charge >= 0.3 is 0 Å². The van der Waals surface area contributed by atoms with Crippen LogP contribution in [0.1, 0.15) is 37.7 Å². The van der Waals surface area contributed by atoms with E-state index in [1.807, 2.05) is 36.2 Å². The van der Waals surface area contributed by atoms with E-state index < -0.39 is 0 Å². The quantitative estimate of drug-likeness (QED) is 0.873. The number of carbonyl (C=O) groups excluding carboxylic acids is 1. The lowest BCUT2D eigenvalue weighted by Gasteiger charge is -2.22. The molecule has 3 nitrogen and oxygen atoms in total. The second kappa shape index (κ2) is 8.40. The molecule has 4 heteroatoms. The van der Waals surface area contributed by atoms with Gasteiger partial charge in [-0.05, 0) is 43.5 Å². The molecule has 0 saturated heterocycles. The first-order chi connectivity index (χ1) is 10.1. The molecule has 0 radical (unpaired) electrons. The Balaban J connectivity index is 1.67. The Morgan fingerprint density at radius 1 is 1.24 bits per heavy atom. The minimum absolute atomic E-state index is 0.122. The molecular formula is C17H25ClN2O. The van der Waals surface area contributed by atoms with E-state index in [9.17, 15) is 4.79 Å². The van der Waals surface area contributed by atoms with Gasteiger partial charge in [0.2, 0.25) is 5.91 Å². The van der Waals surface area contributed by atoms with Crippen LogP contribution in [0.25, 0.3) is 0 Å². The smallest absolute Gasteiger partial charge is 0.234 e. The number of hydrogen-bond acceptors (Lipinski definition) is 2. The fourth-order valence-corrected chi connectivity index (χ4v) is 3.03. The van der Waals surface area contributed by atoms with Crippen molar-refractivity contribution in [3.05, 3.63) is 34.9 Å².